The molecule has 140 valence electrons. The first-order valence-corrected chi connectivity index (χ1v) is 9.91. The lowest BCUT2D eigenvalue weighted by atomic mass is 10.0. The molecule has 0 saturated carbocycles. The third-order valence-electron chi connectivity index (χ3n) is 4.33. The van der Waals surface area contributed by atoms with Crippen LogP contribution in [0, 0.1) is 11.6 Å². The lowest BCUT2D eigenvalue weighted by Gasteiger charge is -2.27. The molecule has 2 aromatic rings. The van der Waals surface area contributed by atoms with Crippen molar-refractivity contribution >= 4 is 15.5 Å². The number of ether oxygens (including phenoxy) is 1. The minimum absolute atomic E-state index is 0.0654. The van der Waals surface area contributed by atoms with E-state index in [1.807, 2.05) is 6.07 Å². The van der Waals surface area contributed by atoms with Crippen LogP contribution in [0.4, 0.5) is 14.5 Å². The number of fused-ring (bicyclic) bond motifs is 1. The van der Waals surface area contributed by atoms with Gasteiger partial charge in [-0.15, -0.1) is 0 Å². The highest BCUT2D eigenvalue weighted by atomic mass is 32.2. The van der Waals surface area contributed by atoms with Gasteiger partial charge >= 0.3 is 0 Å². The number of anilines is 1. The van der Waals surface area contributed by atoms with Gasteiger partial charge in [-0.2, -0.15) is 0 Å². The van der Waals surface area contributed by atoms with E-state index >= 15 is 0 Å². The van der Waals surface area contributed by atoms with Crippen molar-refractivity contribution in [3.05, 3.63) is 53.6 Å². The molecular formula is C18H20F2N2O3S. The second-order valence-corrected chi connectivity index (χ2v) is 8.12. The highest BCUT2D eigenvalue weighted by Gasteiger charge is 2.30. The number of nitrogens with one attached hydrogen (secondary N) is 2. The molecule has 3 rings (SSSR count). The second kappa shape index (κ2) is 7.59. The van der Waals surface area contributed by atoms with Crippen LogP contribution >= 0.6 is 0 Å². The van der Waals surface area contributed by atoms with E-state index in [1.165, 1.54) is 0 Å². The Kier molecular flexibility index (Phi) is 5.43. The highest BCUT2D eigenvalue weighted by molar-refractivity contribution is 7.91. The summed E-state index contributed by atoms with van der Waals surface area (Å²) in [6.07, 6.45) is 0.441. The Labute approximate surface area is 151 Å². The molecule has 8 heteroatoms. The molecule has 0 saturated heterocycles. The summed E-state index contributed by atoms with van der Waals surface area (Å²) >= 11 is 0. The molecule has 0 spiro atoms. The Morgan fingerprint density at radius 1 is 1.19 bits per heavy atom. The first kappa shape index (κ1) is 18.6. The minimum atomic E-state index is -3.27. The first-order valence-electron chi connectivity index (χ1n) is 8.26. The van der Waals surface area contributed by atoms with E-state index in [0.29, 0.717) is 23.4 Å². The Morgan fingerprint density at radius 2 is 2.00 bits per heavy atom. The van der Waals surface area contributed by atoms with Crippen LogP contribution in [0.15, 0.2) is 41.3 Å². The highest BCUT2D eigenvalue weighted by Crippen LogP contribution is 2.33. The fourth-order valence-corrected chi connectivity index (χ4v) is 4.59. The Morgan fingerprint density at radius 3 is 2.77 bits per heavy atom. The van der Waals surface area contributed by atoms with Crippen molar-refractivity contribution in [2.24, 2.45) is 0 Å². The van der Waals surface area contributed by atoms with Crippen LogP contribution in [0.5, 0.6) is 5.75 Å². The monoisotopic (exact) mass is 382 g/mol. The van der Waals surface area contributed by atoms with Crippen LogP contribution in [0.3, 0.4) is 0 Å². The summed E-state index contributed by atoms with van der Waals surface area (Å²) in [7, 11) is -1.51. The van der Waals surface area contributed by atoms with Crippen LogP contribution in [-0.2, 0) is 9.84 Å². The smallest absolute Gasteiger partial charge is 0.178 e. The zero-order valence-corrected chi connectivity index (χ0v) is 15.1. The number of sulfone groups is 1. The topological polar surface area (TPSA) is 67.4 Å². The van der Waals surface area contributed by atoms with Gasteiger partial charge < -0.3 is 15.4 Å². The molecule has 2 N–H and O–H groups in total. The zero-order valence-electron chi connectivity index (χ0n) is 14.3. The molecule has 1 heterocycles. The zero-order chi connectivity index (χ0) is 18.7. The standard InChI is InChI=1S/C18H20F2N2O3S/c1-21-13-3-5-18-14(11-13)16(6-9-26(18,23)24)22-7-8-25-17-10-12(19)2-4-15(17)20/h2-5,10-11,16,21-22H,6-9H2,1H3/t16-/m0/s1. The Hall–Kier alpha value is -2.19. The van der Waals surface area contributed by atoms with E-state index in [0.717, 1.165) is 23.9 Å². The van der Waals surface area contributed by atoms with Crippen molar-refractivity contribution < 1.29 is 21.9 Å². The van der Waals surface area contributed by atoms with E-state index in [-0.39, 0.29) is 24.2 Å². The molecule has 0 aromatic heterocycles. The molecule has 0 unspecified atom stereocenters. The van der Waals surface area contributed by atoms with Gasteiger partial charge in [-0.1, -0.05) is 0 Å². The third kappa shape index (κ3) is 3.96. The average Bonchev–Trinajstić information content (AvgIpc) is 2.62. The van der Waals surface area contributed by atoms with Crippen LogP contribution < -0.4 is 15.4 Å². The Balaban J connectivity index is 1.66. The number of rotatable bonds is 6. The van der Waals surface area contributed by atoms with E-state index in [9.17, 15) is 17.2 Å². The number of hydrogen-bond donors (Lipinski definition) is 2. The molecule has 0 amide bonds. The summed E-state index contributed by atoms with van der Waals surface area (Å²) in [5, 5.41) is 6.24. The molecule has 1 atom stereocenters. The van der Waals surface area contributed by atoms with Gasteiger partial charge in [0, 0.05) is 31.4 Å². The van der Waals surface area contributed by atoms with Crippen LogP contribution in [-0.4, -0.2) is 34.4 Å². The Bertz CT molecular complexity index is 903. The number of hydrogen-bond acceptors (Lipinski definition) is 5. The molecule has 0 aliphatic carbocycles. The summed E-state index contributed by atoms with van der Waals surface area (Å²) in [6, 6.07) is 8.05. The predicted octanol–water partition coefficient (Wildman–Crippen LogP) is 2.89. The van der Waals surface area contributed by atoms with Gasteiger partial charge in [0.25, 0.3) is 0 Å². The van der Waals surface area contributed by atoms with Gasteiger partial charge in [0.2, 0.25) is 0 Å². The minimum Gasteiger partial charge on any atom is -0.489 e. The van der Waals surface area contributed by atoms with Crippen molar-refractivity contribution in [2.45, 2.75) is 17.4 Å². The maximum Gasteiger partial charge on any atom is 0.178 e. The normalized spacial score (nSPS) is 18.2. The maximum absolute atomic E-state index is 13.5. The summed E-state index contributed by atoms with van der Waals surface area (Å²) in [6.45, 7) is 0.495. The van der Waals surface area contributed by atoms with E-state index in [1.54, 1.807) is 19.2 Å². The third-order valence-corrected chi connectivity index (χ3v) is 6.14. The van der Waals surface area contributed by atoms with Gasteiger partial charge in [0.1, 0.15) is 12.4 Å². The number of benzene rings is 2. The quantitative estimate of drug-likeness (QED) is 0.752. The molecule has 1 aliphatic rings. The lowest BCUT2D eigenvalue weighted by Crippen LogP contribution is -2.32. The SMILES string of the molecule is CNc1ccc2c(c1)[C@@H](NCCOc1cc(F)ccc1F)CCS2(=O)=O. The molecule has 2 aromatic carbocycles. The molecule has 0 fully saturated rings. The summed E-state index contributed by atoms with van der Waals surface area (Å²) < 4.78 is 56.4. The second-order valence-electron chi connectivity index (χ2n) is 6.04. The number of halogens is 2. The molecular weight excluding hydrogens is 362 g/mol. The summed E-state index contributed by atoms with van der Waals surface area (Å²) in [5.41, 5.74) is 1.53. The van der Waals surface area contributed by atoms with Crippen LogP contribution in [0.1, 0.15) is 18.0 Å². The van der Waals surface area contributed by atoms with Gasteiger partial charge in [-0.05, 0) is 42.3 Å². The van der Waals surface area contributed by atoms with E-state index in [2.05, 4.69) is 10.6 Å². The molecule has 26 heavy (non-hydrogen) atoms. The van der Waals surface area contributed by atoms with Crippen LogP contribution in [0.25, 0.3) is 0 Å². The molecule has 0 bridgehead atoms. The fraction of sp³-hybridized carbons (Fsp3) is 0.333. The van der Waals surface area contributed by atoms with Crippen molar-refractivity contribution in [3.63, 3.8) is 0 Å². The first-order chi connectivity index (χ1) is 12.4. The lowest BCUT2D eigenvalue weighted by molar-refractivity contribution is 0.288. The summed E-state index contributed by atoms with van der Waals surface area (Å²) in [5.74, 6) is -1.27. The predicted molar refractivity (Wildman–Crippen MR) is 95.3 cm³/mol. The average molecular weight is 382 g/mol. The summed E-state index contributed by atoms with van der Waals surface area (Å²) in [4.78, 5) is 0.331. The molecule has 5 nitrogen and oxygen atoms in total. The van der Waals surface area contributed by atoms with Crippen molar-refractivity contribution in [2.75, 3.05) is 31.3 Å². The van der Waals surface area contributed by atoms with E-state index < -0.39 is 21.5 Å². The maximum atomic E-state index is 13.5. The molecule has 1 aliphatic heterocycles. The van der Waals surface area contributed by atoms with Crippen LogP contribution in [0.2, 0.25) is 0 Å². The van der Waals surface area contributed by atoms with Gasteiger partial charge in [-0.3, -0.25) is 0 Å². The van der Waals surface area contributed by atoms with Crippen molar-refractivity contribution in [1.29, 1.82) is 0 Å². The molecule has 0 radical (unpaired) electrons. The van der Waals surface area contributed by atoms with Crippen molar-refractivity contribution in [1.82, 2.24) is 5.32 Å². The van der Waals surface area contributed by atoms with Gasteiger partial charge in [0.05, 0.1) is 10.6 Å². The largest absolute Gasteiger partial charge is 0.489 e. The van der Waals surface area contributed by atoms with Crippen molar-refractivity contribution in [3.8, 4) is 5.75 Å². The fourth-order valence-electron chi connectivity index (χ4n) is 2.99. The van der Waals surface area contributed by atoms with Gasteiger partial charge in [0.15, 0.2) is 21.4 Å². The van der Waals surface area contributed by atoms with Gasteiger partial charge in [-0.25, -0.2) is 17.2 Å². The van der Waals surface area contributed by atoms with E-state index in [4.69, 9.17) is 4.74 Å².